The quantitative estimate of drug-likeness (QED) is 0.690. The van der Waals surface area contributed by atoms with Crippen LogP contribution < -0.4 is 10.0 Å². The third kappa shape index (κ3) is 3.36. The van der Waals surface area contributed by atoms with Crippen LogP contribution in [-0.4, -0.2) is 41.8 Å². The third-order valence-corrected chi connectivity index (χ3v) is 5.03. The van der Waals surface area contributed by atoms with Crippen molar-refractivity contribution < 1.29 is 8.42 Å². The largest absolute Gasteiger partial charge is 0.372 e. The Kier molecular flexibility index (Phi) is 4.45. The molecule has 0 unspecified atom stereocenters. The number of benzene rings is 1. The second-order valence-electron chi connectivity index (χ2n) is 5.32. The van der Waals surface area contributed by atoms with Gasteiger partial charge < -0.3 is 5.32 Å². The molecule has 0 aliphatic rings. The molecule has 0 saturated heterocycles. The van der Waals surface area contributed by atoms with Crippen molar-refractivity contribution in [1.29, 1.82) is 0 Å². The molecule has 2 heterocycles. The molecule has 1 aromatic carbocycles. The summed E-state index contributed by atoms with van der Waals surface area (Å²) < 4.78 is 28.7. The van der Waals surface area contributed by atoms with E-state index < -0.39 is 10.0 Å². The van der Waals surface area contributed by atoms with Crippen LogP contribution in [0.15, 0.2) is 41.3 Å². The highest BCUT2D eigenvalue weighted by atomic mass is 32.2. The van der Waals surface area contributed by atoms with Crippen molar-refractivity contribution in [3.05, 3.63) is 47.8 Å². The molecule has 24 heavy (non-hydrogen) atoms. The van der Waals surface area contributed by atoms with E-state index in [1.165, 1.54) is 0 Å². The minimum Gasteiger partial charge on any atom is -0.372 e. The van der Waals surface area contributed by atoms with Crippen LogP contribution in [0.3, 0.4) is 0 Å². The van der Waals surface area contributed by atoms with Gasteiger partial charge in [0.2, 0.25) is 10.0 Å². The Morgan fingerprint density at radius 2 is 1.83 bits per heavy atom. The Labute approximate surface area is 140 Å². The lowest BCUT2D eigenvalue weighted by molar-refractivity contribution is 0.580. The smallest absolute Gasteiger partial charge is 0.240 e. The summed E-state index contributed by atoms with van der Waals surface area (Å²) in [6.07, 6.45) is 0.381. The Bertz CT molecular complexity index is 950. The zero-order chi connectivity index (χ0) is 17.2. The highest BCUT2D eigenvalue weighted by Crippen LogP contribution is 2.10. The average Bonchev–Trinajstić information content (AvgIpc) is 2.97. The lowest BCUT2D eigenvalue weighted by atomic mass is 10.2. The minimum absolute atomic E-state index is 0.211. The molecule has 0 aliphatic heterocycles. The second kappa shape index (κ2) is 6.54. The first-order valence-corrected chi connectivity index (χ1v) is 8.93. The van der Waals surface area contributed by atoms with Crippen LogP contribution in [0, 0.1) is 6.92 Å². The first-order chi connectivity index (χ1) is 11.5. The zero-order valence-electron chi connectivity index (χ0n) is 13.4. The summed E-state index contributed by atoms with van der Waals surface area (Å²) in [6.45, 7) is 2.12. The van der Waals surface area contributed by atoms with Crippen molar-refractivity contribution in [3.8, 4) is 0 Å². The van der Waals surface area contributed by atoms with Crippen molar-refractivity contribution in [2.75, 3.05) is 18.9 Å². The molecule has 3 aromatic rings. The van der Waals surface area contributed by atoms with Gasteiger partial charge in [-0.05, 0) is 31.2 Å². The van der Waals surface area contributed by atoms with Crippen LogP contribution in [0.2, 0.25) is 0 Å². The fourth-order valence-electron chi connectivity index (χ4n) is 2.22. The maximum atomic E-state index is 12.3. The van der Waals surface area contributed by atoms with Gasteiger partial charge in [-0.15, -0.1) is 15.3 Å². The third-order valence-electron chi connectivity index (χ3n) is 3.56. The monoisotopic (exact) mass is 346 g/mol. The first kappa shape index (κ1) is 16.3. The molecular weight excluding hydrogens is 328 g/mol. The Morgan fingerprint density at radius 3 is 2.54 bits per heavy atom. The minimum atomic E-state index is -3.54. The summed E-state index contributed by atoms with van der Waals surface area (Å²) in [4.78, 5) is 0.245. The van der Waals surface area contributed by atoms with Gasteiger partial charge in [0.25, 0.3) is 0 Å². The van der Waals surface area contributed by atoms with Crippen molar-refractivity contribution in [1.82, 2.24) is 24.5 Å². The van der Waals surface area contributed by atoms with E-state index in [1.807, 2.05) is 6.92 Å². The predicted octanol–water partition coefficient (Wildman–Crippen LogP) is 0.995. The number of sulfonamides is 1. The van der Waals surface area contributed by atoms with Crippen molar-refractivity contribution in [2.24, 2.45) is 0 Å². The molecule has 9 heteroatoms. The molecule has 0 spiro atoms. The van der Waals surface area contributed by atoms with Gasteiger partial charge in [0.1, 0.15) is 5.82 Å². The summed E-state index contributed by atoms with van der Waals surface area (Å²) in [7, 11) is -1.76. The highest BCUT2D eigenvalue weighted by molar-refractivity contribution is 7.89. The molecule has 0 radical (unpaired) electrons. The summed E-state index contributed by atoms with van der Waals surface area (Å²) in [5.74, 6) is 1.28. The van der Waals surface area contributed by atoms with E-state index in [9.17, 15) is 8.42 Å². The molecule has 0 amide bonds. The number of nitrogens with one attached hydrogen (secondary N) is 2. The lowest BCUT2D eigenvalue weighted by Gasteiger charge is -2.06. The standard InChI is InChI=1S/C15H18N6O2S/c1-11-3-5-12(6-4-11)24(22,23)17-10-9-15-19-18-14-8-7-13(16-2)20-21(14)15/h3-8,17H,9-10H2,1-2H3,(H,16,20). The summed E-state index contributed by atoms with van der Waals surface area (Å²) in [6, 6.07) is 10.3. The molecule has 0 bridgehead atoms. The maximum Gasteiger partial charge on any atom is 0.240 e. The Hall–Kier alpha value is -2.52. The number of rotatable bonds is 6. The van der Waals surface area contributed by atoms with Crippen LogP contribution in [0.4, 0.5) is 5.82 Å². The van der Waals surface area contributed by atoms with Gasteiger partial charge in [0.15, 0.2) is 11.5 Å². The number of nitrogens with zero attached hydrogens (tertiary/aromatic N) is 4. The van der Waals surface area contributed by atoms with E-state index in [-0.39, 0.29) is 11.4 Å². The molecule has 8 nitrogen and oxygen atoms in total. The number of fused-ring (bicyclic) bond motifs is 1. The molecule has 2 N–H and O–H groups in total. The lowest BCUT2D eigenvalue weighted by Crippen LogP contribution is -2.26. The molecule has 0 fully saturated rings. The molecule has 0 aliphatic carbocycles. The summed E-state index contributed by atoms with van der Waals surface area (Å²) in [5.41, 5.74) is 1.63. The number of hydrogen-bond donors (Lipinski definition) is 2. The number of anilines is 1. The molecule has 0 atom stereocenters. The fourth-order valence-corrected chi connectivity index (χ4v) is 3.25. The number of hydrogen-bond acceptors (Lipinski definition) is 6. The van der Waals surface area contributed by atoms with Gasteiger partial charge in [-0.1, -0.05) is 17.7 Å². The normalized spacial score (nSPS) is 11.8. The highest BCUT2D eigenvalue weighted by Gasteiger charge is 2.14. The van der Waals surface area contributed by atoms with E-state index in [0.29, 0.717) is 23.7 Å². The van der Waals surface area contributed by atoms with E-state index >= 15 is 0 Å². The van der Waals surface area contributed by atoms with E-state index in [4.69, 9.17) is 0 Å². The van der Waals surface area contributed by atoms with Gasteiger partial charge in [-0.25, -0.2) is 13.1 Å². The van der Waals surface area contributed by atoms with E-state index in [0.717, 1.165) is 5.56 Å². The van der Waals surface area contributed by atoms with Gasteiger partial charge in [0, 0.05) is 20.0 Å². The van der Waals surface area contributed by atoms with E-state index in [1.54, 1.807) is 48.0 Å². The van der Waals surface area contributed by atoms with Crippen LogP contribution in [-0.2, 0) is 16.4 Å². The van der Waals surface area contributed by atoms with Crippen molar-refractivity contribution >= 4 is 21.5 Å². The Balaban J connectivity index is 1.71. The second-order valence-corrected chi connectivity index (χ2v) is 7.08. The molecule has 126 valence electrons. The number of aryl methyl sites for hydroxylation is 1. The molecule has 0 saturated carbocycles. The average molecular weight is 346 g/mol. The number of aromatic nitrogens is 4. The Morgan fingerprint density at radius 1 is 1.08 bits per heavy atom. The fraction of sp³-hybridized carbons (Fsp3) is 0.267. The maximum absolute atomic E-state index is 12.3. The topological polar surface area (TPSA) is 101 Å². The van der Waals surface area contributed by atoms with Crippen LogP contribution in [0.1, 0.15) is 11.4 Å². The first-order valence-electron chi connectivity index (χ1n) is 7.45. The molecular formula is C15H18N6O2S. The van der Waals surface area contributed by atoms with Crippen LogP contribution in [0.5, 0.6) is 0 Å². The summed E-state index contributed by atoms with van der Waals surface area (Å²) >= 11 is 0. The predicted molar refractivity (Wildman–Crippen MR) is 90.4 cm³/mol. The zero-order valence-corrected chi connectivity index (χ0v) is 14.2. The van der Waals surface area contributed by atoms with Crippen LogP contribution in [0.25, 0.3) is 5.65 Å². The van der Waals surface area contributed by atoms with Crippen molar-refractivity contribution in [2.45, 2.75) is 18.2 Å². The van der Waals surface area contributed by atoms with E-state index in [2.05, 4.69) is 25.3 Å². The SMILES string of the molecule is CNc1ccc2nnc(CCNS(=O)(=O)c3ccc(C)cc3)n2n1. The van der Waals surface area contributed by atoms with Crippen molar-refractivity contribution in [3.63, 3.8) is 0 Å². The summed E-state index contributed by atoms with van der Waals surface area (Å²) in [5, 5.41) is 15.4. The van der Waals surface area contributed by atoms with Crippen LogP contribution >= 0.6 is 0 Å². The van der Waals surface area contributed by atoms with Gasteiger partial charge >= 0.3 is 0 Å². The van der Waals surface area contributed by atoms with Gasteiger partial charge in [-0.2, -0.15) is 4.52 Å². The van der Waals surface area contributed by atoms with Gasteiger partial charge in [-0.3, -0.25) is 0 Å². The molecule has 2 aromatic heterocycles. The molecule has 3 rings (SSSR count). The van der Waals surface area contributed by atoms with Gasteiger partial charge in [0.05, 0.1) is 4.90 Å².